The van der Waals surface area contributed by atoms with Crippen molar-refractivity contribution in [2.45, 2.75) is 32.7 Å². The minimum Gasteiger partial charge on any atom is -0.469 e. The van der Waals surface area contributed by atoms with Gasteiger partial charge in [0.2, 0.25) is 0 Å². The van der Waals surface area contributed by atoms with Gasteiger partial charge < -0.3 is 9.73 Å². The maximum absolute atomic E-state index is 6.16. The number of thiophene rings is 1. The zero-order valence-corrected chi connectivity index (χ0v) is 14.2. The van der Waals surface area contributed by atoms with E-state index in [1.54, 1.807) is 17.6 Å². The van der Waals surface area contributed by atoms with E-state index in [1.807, 2.05) is 6.07 Å². The minimum atomic E-state index is 0.155. The zero-order chi connectivity index (χ0) is 13.8. The van der Waals surface area contributed by atoms with Crippen molar-refractivity contribution in [3.8, 4) is 0 Å². The first-order valence-corrected chi connectivity index (χ1v) is 8.40. The number of aryl methyl sites for hydroxylation is 1. The molecule has 2 rings (SSSR count). The lowest BCUT2D eigenvalue weighted by atomic mass is 10.0. The molecule has 2 heterocycles. The van der Waals surface area contributed by atoms with Crippen LogP contribution < -0.4 is 5.32 Å². The van der Waals surface area contributed by atoms with Crippen LogP contribution in [-0.4, -0.2) is 6.54 Å². The molecular formula is C14H17BrClNOS. The van der Waals surface area contributed by atoms with Crippen molar-refractivity contribution in [1.29, 1.82) is 0 Å². The van der Waals surface area contributed by atoms with Crippen LogP contribution in [0.25, 0.3) is 0 Å². The van der Waals surface area contributed by atoms with E-state index >= 15 is 0 Å². The molecule has 0 bridgehead atoms. The molecule has 0 saturated carbocycles. The first kappa shape index (κ1) is 15.1. The standard InChI is InChI=1S/C14H17BrClNOS/c1-3-6-17-13(9-5-7-18-11(9)4-2)12-8-10(15)14(16)19-12/h5,7-8,13,17H,3-4,6H2,1-2H3. The second-order valence-corrected chi connectivity index (χ2v) is 6.85. The van der Waals surface area contributed by atoms with E-state index in [-0.39, 0.29) is 6.04 Å². The Morgan fingerprint density at radius 3 is 2.84 bits per heavy atom. The second-order valence-electron chi connectivity index (χ2n) is 4.31. The Balaban J connectivity index is 2.35. The monoisotopic (exact) mass is 361 g/mol. The summed E-state index contributed by atoms with van der Waals surface area (Å²) < 4.78 is 7.30. The highest BCUT2D eigenvalue weighted by Gasteiger charge is 2.21. The van der Waals surface area contributed by atoms with Gasteiger partial charge in [0.05, 0.1) is 12.3 Å². The molecule has 0 radical (unpaired) electrons. The van der Waals surface area contributed by atoms with Gasteiger partial charge in [-0.3, -0.25) is 0 Å². The third-order valence-electron chi connectivity index (χ3n) is 2.96. The molecule has 104 valence electrons. The topological polar surface area (TPSA) is 25.2 Å². The molecule has 2 aromatic rings. The molecule has 0 aromatic carbocycles. The van der Waals surface area contributed by atoms with E-state index in [0.29, 0.717) is 0 Å². The van der Waals surface area contributed by atoms with E-state index in [2.05, 4.69) is 41.2 Å². The third kappa shape index (κ3) is 3.43. The molecular weight excluding hydrogens is 346 g/mol. The van der Waals surface area contributed by atoms with Gasteiger partial charge in [-0.05, 0) is 41.0 Å². The lowest BCUT2D eigenvalue weighted by Gasteiger charge is -2.17. The molecule has 1 N–H and O–H groups in total. The quantitative estimate of drug-likeness (QED) is 0.743. The van der Waals surface area contributed by atoms with Crippen LogP contribution in [-0.2, 0) is 6.42 Å². The van der Waals surface area contributed by atoms with Crippen molar-refractivity contribution in [3.05, 3.63) is 43.4 Å². The molecule has 2 aromatic heterocycles. The molecule has 0 spiro atoms. The summed E-state index contributed by atoms with van der Waals surface area (Å²) in [5.74, 6) is 1.04. The highest BCUT2D eigenvalue weighted by atomic mass is 79.9. The first-order chi connectivity index (χ1) is 9.17. The van der Waals surface area contributed by atoms with Crippen LogP contribution in [0, 0.1) is 0 Å². The van der Waals surface area contributed by atoms with Crippen molar-refractivity contribution >= 4 is 38.9 Å². The molecule has 0 fully saturated rings. The maximum Gasteiger partial charge on any atom is 0.108 e. The molecule has 5 heteroatoms. The lowest BCUT2D eigenvalue weighted by Crippen LogP contribution is -2.22. The summed E-state index contributed by atoms with van der Waals surface area (Å²) in [6.45, 7) is 5.24. The Labute approximate surface area is 131 Å². The fourth-order valence-corrected chi connectivity index (χ4v) is 3.88. The predicted octanol–water partition coefficient (Wildman–Crippen LogP) is 5.41. The van der Waals surface area contributed by atoms with E-state index in [4.69, 9.17) is 16.0 Å². The molecule has 2 nitrogen and oxygen atoms in total. The SMILES string of the molecule is CCCNC(c1cc(Br)c(Cl)s1)c1ccoc1CC. The number of furan rings is 1. The summed E-state index contributed by atoms with van der Waals surface area (Å²) in [5.41, 5.74) is 1.21. The van der Waals surface area contributed by atoms with Crippen LogP contribution in [0.3, 0.4) is 0 Å². The van der Waals surface area contributed by atoms with Crippen LogP contribution in [0.1, 0.15) is 42.5 Å². The summed E-state index contributed by atoms with van der Waals surface area (Å²) in [7, 11) is 0. The van der Waals surface area contributed by atoms with Crippen molar-refractivity contribution < 1.29 is 4.42 Å². The smallest absolute Gasteiger partial charge is 0.108 e. The molecule has 0 aliphatic carbocycles. The van der Waals surface area contributed by atoms with Gasteiger partial charge >= 0.3 is 0 Å². The Hall–Kier alpha value is -0.290. The maximum atomic E-state index is 6.16. The van der Waals surface area contributed by atoms with Gasteiger partial charge in [-0.25, -0.2) is 0 Å². The van der Waals surface area contributed by atoms with Gasteiger partial charge in [0, 0.05) is 21.3 Å². The molecule has 19 heavy (non-hydrogen) atoms. The van der Waals surface area contributed by atoms with Crippen molar-refractivity contribution in [2.75, 3.05) is 6.54 Å². The fourth-order valence-electron chi connectivity index (χ4n) is 2.05. The highest BCUT2D eigenvalue weighted by molar-refractivity contribution is 9.10. The zero-order valence-electron chi connectivity index (χ0n) is 11.0. The summed E-state index contributed by atoms with van der Waals surface area (Å²) in [5, 5.41) is 3.57. The Bertz CT molecular complexity index is 518. The number of nitrogens with one attached hydrogen (secondary N) is 1. The number of halogens is 2. The van der Waals surface area contributed by atoms with Crippen molar-refractivity contribution in [1.82, 2.24) is 5.32 Å². The average molecular weight is 363 g/mol. The molecule has 1 unspecified atom stereocenters. The van der Waals surface area contributed by atoms with Crippen LogP contribution >= 0.6 is 38.9 Å². The van der Waals surface area contributed by atoms with Gasteiger partial charge in [0.25, 0.3) is 0 Å². The number of hydrogen-bond acceptors (Lipinski definition) is 3. The molecule has 0 aliphatic rings. The van der Waals surface area contributed by atoms with Gasteiger partial charge in [-0.15, -0.1) is 11.3 Å². The van der Waals surface area contributed by atoms with Gasteiger partial charge in [-0.2, -0.15) is 0 Å². The Kier molecular flexibility index (Phi) is 5.51. The summed E-state index contributed by atoms with van der Waals surface area (Å²) in [4.78, 5) is 1.21. The van der Waals surface area contributed by atoms with E-state index in [1.165, 1.54) is 10.4 Å². The predicted molar refractivity (Wildman–Crippen MR) is 85.3 cm³/mol. The Morgan fingerprint density at radius 1 is 1.47 bits per heavy atom. The van der Waals surface area contributed by atoms with E-state index in [9.17, 15) is 0 Å². The summed E-state index contributed by atoms with van der Waals surface area (Å²) in [6, 6.07) is 4.29. The van der Waals surface area contributed by atoms with Crippen molar-refractivity contribution in [2.24, 2.45) is 0 Å². The van der Waals surface area contributed by atoms with Gasteiger partial charge in [-0.1, -0.05) is 25.4 Å². The van der Waals surface area contributed by atoms with E-state index in [0.717, 1.165) is 34.0 Å². The minimum absolute atomic E-state index is 0.155. The normalized spacial score (nSPS) is 12.8. The molecule has 1 atom stereocenters. The highest BCUT2D eigenvalue weighted by Crippen LogP contribution is 2.38. The fraction of sp³-hybridized carbons (Fsp3) is 0.429. The number of rotatable bonds is 6. The lowest BCUT2D eigenvalue weighted by molar-refractivity contribution is 0.501. The summed E-state index contributed by atoms with van der Waals surface area (Å²) in [6.07, 6.45) is 3.75. The molecule has 0 aliphatic heterocycles. The summed E-state index contributed by atoms with van der Waals surface area (Å²) >= 11 is 11.2. The van der Waals surface area contributed by atoms with Gasteiger partial charge in [0.15, 0.2) is 0 Å². The first-order valence-electron chi connectivity index (χ1n) is 6.41. The molecule has 0 amide bonds. The third-order valence-corrected chi connectivity index (χ3v) is 5.50. The van der Waals surface area contributed by atoms with Crippen LogP contribution in [0.2, 0.25) is 4.34 Å². The van der Waals surface area contributed by atoms with Crippen molar-refractivity contribution in [3.63, 3.8) is 0 Å². The van der Waals surface area contributed by atoms with Gasteiger partial charge in [0.1, 0.15) is 10.1 Å². The Morgan fingerprint density at radius 2 is 2.26 bits per heavy atom. The van der Waals surface area contributed by atoms with Crippen LogP contribution in [0.5, 0.6) is 0 Å². The van der Waals surface area contributed by atoms with Crippen LogP contribution in [0.15, 0.2) is 27.3 Å². The largest absolute Gasteiger partial charge is 0.469 e. The number of hydrogen-bond donors (Lipinski definition) is 1. The molecule has 0 saturated heterocycles. The average Bonchev–Trinajstić information content (AvgIpc) is 2.98. The van der Waals surface area contributed by atoms with E-state index < -0.39 is 0 Å². The van der Waals surface area contributed by atoms with Crippen LogP contribution in [0.4, 0.5) is 0 Å². The second kappa shape index (κ2) is 6.93.